The van der Waals surface area contributed by atoms with Crippen molar-refractivity contribution >= 4 is 51.4 Å². The van der Waals surface area contributed by atoms with Gasteiger partial charge in [0.2, 0.25) is 0 Å². The van der Waals surface area contributed by atoms with Gasteiger partial charge >= 0.3 is 0 Å². The fourth-order valence-electron chi connectivity index (χ4n) is 1.73. The lowest BCUT2D eigenvalue weighted by Gasteiger charge is -2.37. The van der Waals surface area contributed by atoms with Crippen molar-refractivity contribution in [2.24, 2.45) is 0 Å². The van der Waals surface area contributed by atoms with Gasteiger partial charge in [0.25, 0.3) is 0 Å². The third-order valence-corrected chi connectivity index (χ3v) is 6.17. The quantitative estimate of drug-likeness (QED) is 0.771. The maximum atomic E-state index is 6.03. The molecule has 2 unspecified atom stereocenters. The Labute approximate surface area is 114 Å². The highest BCUT2D eigenvalue weighted by Crippen LogP contribution is 2.35. The molecule has 90 valence electrons. The summed E-state index contributed by atoms with van der Waals surface area (Å²) in [6.45, 7) is 5.55. The Hall–Kier alpha value is 0.360. The summed E-state index contributed by atoms with van der Waals surface area (Å²) in [6.07, 6.45) is 0. The molecule has 2 nitrogen and oxygen atoms in total. The van der Waals surface area contributed by atoms with Crippen LogP contribution in [0.2, 0.25) is 5.15 Å². The van der Waals surface area contributed by atoms with E-state index in [9.17, 15) is 0 Å². The Morgan fingerprint density at radius 3 is 2.88 bits per heavy atom. The number of alkyl halides is 1. The van der Waals surface area contributed by atoms with Crippen LogP contribution in [0.1, 0.15) is 18.7 Å². The molecule has 2 atom stereocenters. The molecule has 1 aliphatic heterocycles. The summed E-state index contributed by atoms with van der Waals surface area (Å²) >= 11 is 15.5. The van der Waals surface area contributed by atoms with Crippen LogP contribution in [-0.4, -0.2) is 28.6 Å². The molecular formula is C10H14Cl2N2S2. The van der Waals surface area contributed by atoms with Crippen LogP contribution in [0.5, 0.6) is 0 Å². The van der Waals surface area contributed by atoms with Crippen molar-refractivity contribution in [1.82, 2.24) is 4.98 Å². The lowest BCUT2D eigenvalue weighted by atomic mass is 10.2. The van der Waals surface area contributed by atoms with Crippen LogP contribution in [0, 0.1) is 0 Å². The maximum Gasteiger partial charge on any atom is 0.187 e. The monoisotopic (exact) mass is 296 g/mol. The van der Waals surface area contributed by atoms with Crippen molar-refractivity contribution in [3.8, 4) is 0 Å². The Kier molecular flexibility index (Phi) is 4.27. The van der Waals surface area contributed by atoms with Crippen LogP contribution in [0.4, 0.5) is 5.13 Å². The summed E-state index contributed by atoms with van der Waals surface area (Å²) in [4.78, 5) is 7.72. The molecule has 0 aromatic carbocycles. The zero-order chi connectivity index (χ0) is 11.7. The van der Waals surface area contributed by atoms with Crippen LogP contribution < -0.4 is 4.90 Å². The topological polar surface area (TPSA) is 16.1 Å². The highest BCUT2D eigenvalue weighted by Gasteiger charge is 2.27. The Bertz CT molecular complexity index is 370. The number of hydrogen-bond donors (Lipinski definition) is 0. The number of thioether (sulfide) groups is 1. The lowest BCUT2D eigenvalue weighted by Crippen LogP contribution is -2.44. The predicted octanol–water partition coefficient (Wildman–Crippen LogP) is 3.87. The van der Waals surface area contributed by atoms with E-state index in [2.05, 4.69) is 23.7 Å². The molecule has 0 bridgehead atoms. The Balaban J connectivity index is 2.22. The largest absolute Gasteiger partial charge is 0.343 e. The van der Waals surface area contributed by atoms with Gasteiger partial charge in [0.15, 0.2) is 5.13 Å². The van der Waals surface area contributed by atoms with Crippen molar-refractivity contribution in [3.63, 3.8) is 0 Å². The van der Waals surface area contributed by atoms with E-state index < -0.39 is 0 Å². The predicted molar refractivity (Wildman–Crippen MR) is 75.4 cm³/mol. The second-order valence-corrected chi connectivity index (χ2v) is 7.03. The van der Waals surface area contributed by atoms with Crippen molar-refractivity contribution in [2.45, 2.75) is 31.0 Å². The van der Waals surface area contributed by atoms with Crippen molar-refractivity contribution < 1.29 is 0 Å². The summed E-state index contributed by atoms with van der Waals surface area (Å²) < 4.78 is 0. The van der Waals surface area contributed by atoms with E-state index in [1.54, 1.807) is 11.3 Å². The number of aromatic nitrogens is 1. The molecular weight excluding hydrogens is 283 g/mol. The van der Waals surface area contributed by atoms with Gasteiger partial charge in [0.1, 0.15) is 5.15 Å². The fourth-order valence-corrected chi connectivity index (χ4v) is 4.42. The van der Waals surface area contributed by atoms with Crippen LogP contribution in [0.25, 0.3) is 0 Å². The van der Waals surface area contributed by atoms with Gasteiger partial charge in [-0.15, -0.1) is 11.6 Å². The van der Waals surface area contributed by atoms with E-state index in [1.807, 2.05) is 11.8 Å². The van der Waals surface area contributed by atoms with Crippen LogP contribution >= 0.6 is 46.3 Å². The third kappa shape index (κ3) is 2.45. The molecule has 1 aromatic rings. The first kappa shape index (κ1) is 12.8. The highest BCUT2D eigenvalue weighted by molar-refractivity contribution is 8.00. The van der Waals surface area contributed by atoms with Crippen LogP contribution in [0.3, 0.4) is 0 Å². The van der Waals surface area contributed by atoms with E-state index in [-0.39, 0.29) is 0 Å². The number of thiazole rings is 1. The molecule has 2 rings (SSSR count). The molecule has 1 fully saturated rings. The highest BCUT2D eigenvalue weighted by atomic mass is 35.5. The third-order valence-electron chi connectivity index (χ3n) is 2.89. The van der Waals surface area contributed by atoms with E-state index in [4.69, 9.17) is 23.2 Å². The van der Waals surface area contributed by atoms with Crippen LogP contribution in [-0.2, 0) is 5.88 Å². The first-order chi connectivity index (χ1) is 7.63. The van der Waals surface area contributed by atoms with Gasteiger partial charge in [0.05, 0.1) is 10.8 Å². The molecule has 2 heterocycles. The van der Waals surface area contributed by atoms with Crippen molar-refractivity contribution in [2.75, 3.05) is 17.2 Å². The summed E-state index contributed by atoms with van der Waals surface area (Å²) in [7, 11) is 0. The van der Waals surface area contributed by atoms with Gasteiger partial charge in [0, 0.05) is 23.6 Å². The standard InChI is InChI=1S/C10H14Cl2N2S2/c1-6-7(2)15-4-3-14(6)10-13-9(12)8(5-11)16-10/h6-7H,3-5H2,1-2H3. The van der Waals surface area contributed by atoms with Gasteiger partial charge in [-0.25, -0.2) is 4.98 Å². The van der Waals surface area contributed by atoms with Crippen molar-refractivity contribution in [1.29, 1.82) is 0 Å². The maximum absolute atomic E-state index is 6.03. The smallest absolute Gasteiger partial charge is 0.187 e. The number of nitrogens with zero attached hydrogens (tertiary/aromatic N) is 2. The summed E-state index contributed by atoms with van der Waals surface area (Å²) in [5.41, 5.74) is 0. The average Bonchev–Trinajstić information content (AvgIpc) is 2.63. The summed E-state index contributed by atoms with van der Waals surface area (Å²) in [6, 6.07) is 0.504. The normalized spacial score (nSPS) is 26.1. The Morgan fingerprint density at radius 2 is 2.25 bits per heavy atom. The van der Waals surface area contributed by atoms with Crippen LogP contribution in [0.15, 0.2) is 0 Å². The number of hydrogen-bond acceptors (Lipinski definition) is 4. The summed E-state index contributed by atoms with van der Waals surface area (Å²) in [5.74, 6) is 1.60. The van der Waals surface area contributed by atoms with E-state index in [1.165, 1.54) is 0 Å². The second kappa shape index (κ2) is 5.34. The molecule has 0 spiro atoms. The first-order valence-corrected chi connectivity index (χ1v) is 8.00. The number of rotatable bonds is 2. The van der Waals surface area contributed by atoms with E-state index in [0.29, 0.717) is 22.3 Å². The minimum absolute atomic E-state index is 0.447. The Morgan fingerprint density at radius 1 is 1.50 bits per heavy atom. The van der Waals surface area contributed by atoms with Gasteiger partial charge in [-0.1, -0.05) is 29.9 Å². The van der Waals surface area contributed by atoms with Gasteiger partial charge in [-0.2, -0.15) is 11.8 Å². The minimum Gasteiger partial charge on any atom is -0.343 e. The van der Waals surface area contributed by atoms with Gasteiger partial charge in [-0.05, 0) is 6.92 Å². The molecule has 0 saturated carbocycles. The lowest BCUT2D eigenvalue weighted by molar-refractivity contribution is 0.626. The minimum atomic E-state index is 0.447. The SMILES string of the molecule is CC1SCCN(c2nc(Cl)c(CCl)s2)C1C. The average molecular weight is 297 g/mol. The molecule has 0 aliphatic carbocycles. The van der Waals surface area contributed by atoms with Gasteiger partial charge < -0.3 is 4.90 Å². The number of anilines is 1. The molecule has 0 radical (unpaired) electrons. The second-order valence-electron chi connectivity index (χ2n) is 3.85. The van der Waals surface area contributed by atoms with Gasteiger partial charge in [-0.3, -0.25) is 0 Å². The van der Waals surface area contributed by atoms with E-state index in [0.717, 1.165) is 22.3 Å². The molecule has 0 N–H and O–H groups in total. The summed E-state index contributed by atoms with van der Waals surface area (Å²) in [5, 5.41) is 2.21. The first-order valence-electron chi connectivity index (χ1n) is 5.23. The van der Waals surface area contributed by atoms with Crippen molar-refractivity contribution in [3.05, 3.63) is 10.0 Å². The zero-order valence-corrected chi connectivity index (χ0v) is 12.4. The molecule has 1 saturated heterocycles. The molecule has 0 amide bonds. The van der Waals surface area contributed by atoms with E-state index >= 15 is 0 Å². The zero-order valence-electron chi connectivity index (χ0n) is 9.24. The fraction of sp³-hybridized carbons (Fsp3) is 0.700. The molecule has 1 aliphatic rings. The number of halogens is 2. The molecule has 6 heteroatoms. The molecule has 1 aromatic heterocycles. The molecule has 16 heavy (non-hydrogen) atoms.